The Morgan fingerprint density at radius 3 is 2.96 bits per heavy atom. The Labute approximate surface area is 137 Å². The number of fused-ring (bicyclic) bond motifs is 1. The van der Waals surface area contributed by atoms with Crippen molar-refractivity contribution in [3.8, 4) is 0 Å². The first-order chi connectivity index (χ1) is 11.1. The zero-order valence-corrected chi connectivity index (χ0v) is 13.8. The maximum atomic E-state index is 14.3. The van der Waals surface area contributed by atoms with E-state index in [1.54, 1.807) is 6.07 Å². The van der Waals surface area contributed by atoms with Crippen molar-refractivity contribution in [1.29, 1.82) is 0 Å². The van der Waals surface area contributed by atoms with Gasteiger partial charge in [0, 0.05) is 26.3 Å². The Bertz CT molecular complexity index is 531. The van der Waals surface area contributed by atoms with Crippen LogP contribution in [0.2, 0.25) is 0 Å². The average Bonchev–Trinajstić information content (AvgIpc) is 2.53. The highest BCUT2D eigenvalue weighted by Gasteiger charge is 2.24. The van der Waals surface area contributed by atoms with Crippen molar-refractivity contribution in [1.82, 2.24) is 0 Å². The van der Waals surface area contributed by atoms with E-state index in [1.165, 1.54) is 0 Å². The van der Waals surface area contributed by atoms with Gasteiger partial charge in [0.25, 0.3) is 0 Å². The van der Waals surface area contributed by atoms with Crippen LogP contribution >= 0.6 is 0 Å². The van der Waals surface area contributed by atoms with Gasteiger partial charge in [-0.3, -0.25) is 0 Å². The second kappa shape index (κ2) is 7.60. The molecule has 0 saturated carbocycles. The molecule has 1 aromatic rings. The first kappa shape index (κ1) is 16.7. The van der Waals surface area contributed by atoms with E-state index in [9.17, 15) is 9.50 Å². The topological polar surface area (TPSA) is 41.9 Å². The fourth-order valence-corrected chi connectivity index (χ4v) is 3.50. The standard InChI is InChI=1S/C18H26FNO3/c1-13-9-14-3-2-6-20(18(14)17(19)10-13)11-15(21)12-23-16-4-7-22-8-5-16/h9-10,15-16,21H,2-8,11-12H2,1H3. The monoisotopic (exact) mass is 323 g/mol. The zero-order chi connectivity index (χ0) is 16.2. The van der Waals surface area contributed by atoms with Gasteiger partial charge in [-0.25, -0.2) is 4.39 Å². The molecule has 1 fully saturated rings. The Hall–Kier alpha value is -1.17. The lowest BCUT2D eigenvalue weighted by Gasteiger charge is -2.34. The summed E-state index contributed by atoms with van der Waals surface area (Å²) in [6.45, 7) is 4.86. The molecule has 2 aliphatic rings. The lowest BCUT2D eigenvalue weighted by atomic mass is 9.98. The van der Waals surface area contributed by atoms with Crippen molar-refractivity contribution in [3.05, 3.63) is 29.1 Å². The van der Waals surface area contributed by atoms with Gasteiger partial charge < -0.3 is 19.5 Å². The van der Waals surface area contributed by atoms with Gasteiger partial charge in [-0.1, -0.05) is 6.07 Å². The molecule has 2 heterocycles. The van der Waals surface area contributed by atoms with E-state index in [0.29, 0.717) is 18.8 Å². The third-order valence-electron chi connectivity index (χ3n) is 4.60. The number of aliphatic hydroxyl groups excluding tert-OH is 1. The molecule has 0 amide bonds. The second-order valence-corrected chi connectivity index (χ2v) is 6.60. The summed E-state index contributed by atoms with van der Waals surface area (Å²) in [5.74, 6) is -0.183. The lowest BCUT2D eigenvalue weighted by molar-refractivity contribution is -0.0575. The van der Waals surface area contributed by atoms with E-state index in [2.05, 4.69) is 6.07 Å². The molecular weight excluding hydrogens is 297 g/mol. The van der Waals surface area contributed by atoms with Gasteiger partial charge in [-0.2, -0.15) is 0 Å². The molecule has 0 radical (unpaired) electrons. The summed E-state index contributed by atoms with van der Waals surface area (Å²) < 4.78 is 25.4. The molecule has 128 valence electrons. The van der Waals surface area contributed by atoms with Crippen LogP contribution in [-0.4, -0.2) is 50.2 Å². The van der Waals surface area contributed by atoms with Crippen LogP contribution in [0.4, 0.5) is 10.1 Å². The summed E-state index contributed by atoms with van der Waals surface area (Å²) >= 11 is 0. The van der Waals surface area contributed by atoms with Crippen LogP contribution in [-0.2, 0) is 15.9 Å². The Balaban J connectivity index is 1.58. The highest BCUT2D eigenvalue weighted by Crippen LogP contribution is 2.31. The molecule has 0 bridgehead atoms. The number of benzene rings is 1. The van der Waals surface area contributed by atoms with Crippen molar-refractivity contribution in [2.45, 2.75) is 44.8 Å². The van der Waals surface area contributed by atoms with Crippen LogP contribution in [0.3, 0.4) is 0 Å². The molecule has 2 aliphatic heterocycles. The summed E-state index contributed by atoms with van der Waals surface area (Å²) in [6, 6.07) is 3.62. The van der Waals surface area contributed by atoms with Gasteiger partial charge >= 0.3 is 0 Å². The van der Waals surface area contributed by atoms with E-state index in [-0.39, 0.29) is 11.9 Å². The summed E-state index contributed by atoms with van der Waals surface area (Å²) in [5.41, 5.74) is 2.66. The number of β-amino-alcohol motifs (C(OH)–C–C–N with tert-alkyl or cyclic N) is 1. The number of hydrogen-bond acceptors (Lipinski definition) is 4. The van der Waals surface area contributed by atoms with Crippen LogP contribution in [0.15, 0.2) is 12.1 Å². The van der Waals surface area contributed by atoms with E-state index in [4.69, 9.17) is 9.47 Å². The lowest BCUT2D eigenvalue weighted by Crippen LogP contribution is -2.39. The Kier molecular flexibility index (Phi) is 5.51. The largest absolute Gasteiger partial charge is 0.389 e. The van der Waals surface area contributed by atoms with Crippen LogP contribution in [0, 0.1) is 12.7 Å². The Morgan fingerprint density at radius 2 is 2.17 bits per heavy atom. The van der Waals surface area contributed by atoms with Crippen molar-refractivity contribution in [2.75, 3.05) is 37.8 Å². The SMILES string of the molecule is Cc1cc(F)c2c(c1)CCCN2CC(O)COC1CCOCC1. The summed E-state index contributed by atoms with van der Waals surface area (Å²) in [4.78, 5) is 1.96. The third kappa shape index (κ3) is 4.22. The Morgan fingerprint density at radius 1 is 1.39 bits per heavy atom. The van der Waals surface area contributed by atoms with Gasteiger partial charge in [0.15, 0.2) is 0 Å². The van der Waals surface area contributed by atoms with E-state index < -0.39 is 6.10 Å². The molecular formula is C18H26FNO3. The number of aryl methyl sites for hydroxylation is 2. The quantitative estimate of drug-likeness (QED) is 0.904. The summed E-state index contributed by atoms with van der Waals surface area (Å²) in [6.07, 6.45) is 3.22. The second-order valence-electron chi connectivity index (χ2n) is 6.60. The first-order valence-electron chi connectivity index (χ1n) is 8.55. The van der Waals surface area contributed by atoms with Crippen molar-refractivity contribution in [2.24, 2.45) is 0 Å². The van der Waals surface area contributed by atoms with E-state index in [1.807, 2.05) is 11.8 Å². The third-order valence-corrected chi connectivity index (χ3v) is 4.60. The van der Waals surface area contributed by atoms with Crippen molar-refractivity contribution in [3.63, 3.8) is 0 Å². The number of anilines is 1. The molecule has 3 rings (SSSR count). The molecule has 1 N–H and O–H groups in total. The average molecular weight is 323 g/mol. The summed E-state index contributed by atoms with van der Waals surface area (Å²) in [5, 5.41) is 10.3. The minimum atomic E-state index is -0.607. The number of nitrogens with zero attached hydrogens (tertiary/aromatic N) is 1. The van der Waals surface area contributed by atoms with Crippen molar-refractivity contribution >= 4 is 5.69 Å². The van der Waals surface area contributed by atoms with Crippen LogP contribution in [0.5, 0.6) is 0 Å². The van der Waals surface area contributed by atoms with Gasteiger partial charge in [-0.05, 0) is 49.8 Å². The highest BCUT2D eigenvalue weighted by molar-refractivity contribution is 5.58. The molecule has 4 nitrogen and oxygen atoms in total. The smallest absolute Gasteiger partial charge is 0.147 e. The summed E-state index contributed by atoms with van der Waals surface area (Å²) in [7, 11) is 0. The van der Waals surface area contributed by atoms with Gasteiger partial charge in [0.05, 0.1) is 24.5 Å². The fraction of sp³-hybridized carbons (Fsp3) is 0.667. The normalized spacial score (nSPS) is 20.4. The van der Waals surface area contributed by atoms with Crippen LogP contribution < -0.4 is 4.90 Å². The predicted molar refractivity (Wildman–Crippen MR) is 87.5 cm³/mol. The molecule has 0 aliphatic carbocycles. The molecule has 1 saturated heterocycles. The van der Waals surface area contributed by atoms with Gasteiger partial charge in [-0.15, -0.1) is 0 Å². The molecule has 1 aromatic carbocycles. The minimum Gasteiger partial charge on any atom is -0.389 e. The fourth-order valence-electron chi connectivity index (χ4n) is 3.50. The predicted octanol–water partition coefficient (Wildman–Crippen LogP) is 2.44. The maximum absolute atomic E-state index is 14.3. The van der Waals surface area contributed by atoms with Gasteiger partial charge in [0.2, 0.25) is 0 Å². The minimum absolute atomic E-state index is 0.173. The van der Waals surface area contributed by atoms with E-state index in [0.717, 1.165) is 56.6 Å². The molecule has 1 unspecified atom stereocenters. The first-order valence-corrected chi connectivity index (χ1v) is 8.55. The highest BCUT2D eigenvalue weighted by atomic mass is 19.1. The molecule has 23 heavy (non-hydrogen) atoms. The molecule has 1 atom stereocenters. The zero-order valence-electron chi connectivity index (χ0n) is 13.8. The number of ether oxygens (including phenoxy) is 2. The number of hydrogen-bond donors (Lipinski definition) is 1. The molecule has 0 spiro atoms. The van der Waals surface area contributed by atoms with Crippen LogP contribution in [0.1, 0.15) is 30.4 Å². The van der Waals surface area contributed by atoms with E-state index >= 15 is 0 Å². The molecule has 0 aromatic heterocycles. The van der Waals surface area contributed by atoms with Crippen LogP contribution in [0.25, 0.3) is 0 Å². The number of rotatable bonds is 5. The maximum Gasteiger partial charge on any atom is 0.147 e. The number of halogens is 1. The van der Waals surface area contributed by atoms with Crippen molar-refractivity contribution < 1.29 is 19.0 Å². The number of aliphatic hydroxyl groups is 1. The van der Waals surface area contributed by atoms with Gasteiger partial charge in [0.1, 0.15) is 5.82 Å². The molecule has 5 heteroatoms.